The van der Waals surface area contributed by atoms with Gasteiger partial charge in [0.15, 0.2) is 0 Å². The van der Waals surface area contributed by atoms with Crippen molar-refractivity contribution in [3.8, 4) is 0 Å². The van der Waals surface area contributed by atoms with E-state index in [0.717, 1.165) is 7.05 Å². The van der Waals surface area contributed by atoms with Gasteiger partial charge in [-0.2, -0.15) is 0 Å². The lowest BCUT2D eigenvalue weighted by molar-refractivity contribution is -0.131. The number of likely N-dealkylation sites (N-methyl/N-ethyl adjacent to an activating group) is 1. The van der Waals surface area contributed by atoms with Crippen LogP contribution in [0.1, 0.15) is 0 Å². The van der Waals surface area contributed by atoms with Crippen LogP contribution < -0.4 is 5.32 Å². The smallest absolute Gasteiger partial charge is 0.231 e. The minimum Gasteiger partial charge on any atom is -0.756 e. The second-order valence-electron chi connectivity index (χ2n) is 4.25. The highest BCUT2D eigenvalue weighted by molar-refractivity contribution is 5.82. The fraction of sp³-hybridized carbons (Fsp3) is 0.900. The third-order valence-electron chi connectivity index (χ3n) is 2.66. The lowest BCUT2D eigenvalue weighted by Gasteiger charge is -2.29. The van der Waals surface area contributed by atoms with Crippen LogP contribution in [-0.4, -0.2) is 93.8 Å². The van der Waals surface area contributed by atoms with Gasteiger partial charge in [-0.3, -0.25) is 4.79 Å². The van der Waals surface area contributed by atoms with Crippen LogP contribution in [0.25, 0.3) is 0 Å². The van der Waals surface area contributed by atoms with E-state index in [1.807, 2.05) is 0 Å². The molecule has 120 valence electrons. The van der Waals surface area contributed by atoms with E-state index >= 15 is 0 Å². The molecule has 0 aliphatic heterocycles. The van der Waals surface area contributed by atoms with Crippen molar-refractivity contribution in [1.29, 1.82) is 0 Å². The Morgan fingerprint density at radius 3 is 2.15 bits per heavy atom. The minimum atomic E-state index is -1.83. The van der Waals surface area contributed by atoms with Crippen LogP contribution >= 0.6 is 0 Å². The van der Waals surface area contributed by atoms with E-state index in [2.05, 4.69) is 5.32 Å². The van der Waals surface area contributed by atoms with Crippen LogP contribution in [0.5, 0.6) is 0 Å². The molecule has 0 fully saturated rings. The van der Waals surface area contributed by atoms with Gasteiger partial charge in [-0.15, -0.1) is 0 Å². The van der Waals surface area contributed by atoms with Gasteiger partial charge < -0.3 is 41.1 Å². The Balaban J connectivity index is 4.38. The summed E-state index contributed by atoms with van der Waals surface area (Å²) in [5.41, 5.74) is 0. The molecular formula is C10H20FN2O7-. The van der Waals surface area contributed by atoms with E-state index in [1.165, 1.54) is 0 Å². The average Bonchev–Trinajstić information content (AvgIpc) is 2.44. The van der Waals surface area contributed by atoms with Gasteiger partial charge in [0.05, 0.1) is 12.7 Å². The Hall–Kier alpha value is -0.880. The molecule has 0 aromatic carbocycles. The zero-order valence-corrected chi connectivity index (χ0v) is 10.9. The van der Waals surface area contributed by atoms with Crippen molar-refractivity contribution in [2.45, 2.75) is 30.5 Å². The molecule has 0 heterocycles. The first-order chi connectivity index (χ1) is 9.26. The molecule has 0 aliphatic rings. The largest absolute Gasteiger partial charge is 0.756 e. The summed E-state index contributed by atoms with van der Waals surface area (Å²) < 4.78 is 12.5. The maximum atomic E-state index is 12.5. The molecular weight excluding hydrogens is 279 g/mol. The van der Waals surface area contributed by atoms with Gasteiger partial charge in [0.25, 0.3) is 0 Å². The quantitative estimate of drug-likeness (QED) is 0.238. The van der Waals surface area contributed by atoms with Crippen molar-refractivity contribution in [2.75, 3.05) is 26.9 Å². The molecule has 5 unspecified atom stereocenters. The van der Waals surface area contributed by atoms with Gasteiger partial charge in [0, 0.05) is 6.54 Å². The molecule has 1 amide bonds. The molecule has 0 rings (SSSR count). The Bertz CT molecular complexity index is 295. The lowest BCUT2D eigenvalue weighted by Crippen LogP contribution is -2.52. The van der Waals surface area contributed by atoms with Gasteiger partial charge in [0.2, 0.25) is 5.91 Å². The summed E-state index contributed by atoms with van der Waals surface area (Å²) in [5.74, 6) is -1.09. The first kappa shape index (κ1) is 19.1. The molecule has 0 aromatic heterocycles. The zero-order chi connectivity index (χ0) is 15.9. The van der Waals surface area contributed by atoms with Crippen molar-refractivity contribution in [3.63, 3.8) is 0 Å². The summed E-state index contributed by atoms with van der Waals surface area (Å²) in [6, 6.07) is -1.49. The monoisotopic (exact) mass is 299 g/mol. The first-order valence-electron chi connectivity index (χ1n) is 5.83. The van der Waals surface area contributed by atoms with E-state index in [4.69, 9.17) is 10.2 Å². The first-order valence-corrected chi connectivity index (χ1v) is 5.83. The third kappa shape index (κ3) is 5.63. The summed E-state index contributed by atoms with van der Waals surface area (Å²) in [7, 11) is 0.888. The van der Waals surface area contributed by atoms with Crippen LogP contribution in [0.3, 0.4) is 0 Å². The topological polar surface area (TPSA) is 157 Å². The number of hydrogen-bond donors (Lipinski definition) is 6. The number of amides is 1. The number of nitrogens with zero attached hydrogens (tertiary/aromatic N) is 1. The van der Waals surface area contributed by atoms with Crippen LogP contribution in [0.15, 0.2) is 0 Å². The molecule has 0 spiro atoms. The molecule has 0 aromatic rings. The number of hydrogen-bond acceptors (Lipinski definition) is 8. The maximum absolute atomic E-state index is 12.5. The van der Waals surface area contributed by atoms with Gasteiger partial charge in [-0.05, 0) is 7.05 Å². The fourth-order valence-electron chi connectivity index (χ4n) is 1.37. The minimum absolute atomic E-state index is 0.0790. The molecule has 5 atom stereocenters. The molecule has 0 saturated heterocycles. The highest BCUT2D eigenvalue weighted by Crippen LogP contribution is 2.05. The number of alkyl halides is 1. The van der Waals surface area contributed by atoms with E-state index in [1.54, 1.807) is 0 Å². The SMILES string of the molecule is CN([O-])C(=O)C(CF)NCC(O)C(O)C(O)C(O)CO. The molecule has 9 nitrogen and oxygen atoms in total. The Morgan fingerprint density at radius 2 is 1.75 bits per heavy atom. The summed E-state index contributed by atoms with van der Waals surface area (Å²) in [6.45, 7) is -2.54. The van der Waals surface area contributed by atoms with Crippen molar-refractivity contribution in [3.05, 3.63) is 5.21 Å². The molecule has 0 bridgehead atoms. The normalized spacial score (nSPS) is 19.0. The number of nitrogens with one attached hydrogen (secondary N) is 1. The summed E-state index contributed by atoms with van der Waals surface area (Å²) in [4.78, 5) is 11.2. The number of aliphatic hydroxyl groups is 5. The summed E-state index contributed by atoms with van der Waals surface area (Å²) >= 11 is 0. The van der Waals surface area contributed by atoms with Crippen molar-refractivity contribution < 1.29 is 34.7 Å². The standard InChI is InChI=1S/C10H20FN2O7/c1-13(20)10(19)5(2-11)12-3-6(15)8(17)9(18)7(16)4-14/h5-9,12,14-18H,2-4H2,1H3/q-1. The molecule has 20 heavy (non-hydrogen) atoms. The van der Waals surface area contributed by atoms with Crippen LogP contribution in [-0.2, 0) is 4.79 Å². The highest BCUT2D eigenvalue weighted by atomic mass is 19.1. The number of carbonyl (C=O) groups excluding carboxylic acids is 1. The number of carbonyl (C=O) groups is 1. The van der Waals surface area contributed by atoms with Crippen molar-refractivity contribution in [2.24, 2.45) is 0 Å². The van der Waals surface area contributed by atoms with Gasteiger partial charge in [0.1, 0.15) is 31.0 Å². The number of aliphatic hydroxyl groups excluding tert-OH is 5. The van der Waals surface area contributed by atoms with E-state index in [9.17, 15) is 29.7 Å². The number of halogens is 1. The average molecular weight is 299 g/mol. The summed E-state index contributed by atoms with van der Waals surface area (Å²) in [5, 5.41) is 58.8. The van der Waals surface area contributed by atoms with Gasteiger partial charge in [-0.1, -0.05) is 0 Å². The number of rotatable bonds is 9. The van der Waals surface area contributed by atoms with Crippen molar-refractivity contribution in [1.82, 2.24) is 10.4 Å². The highest BCUT2D eigenvalue weighted by Gasteiger charge is 2.30. The number of hydroxylamine groups is 2. The van der Waals surface area contributed by atoms with Crippen LogP contribution in [0, 0.1) is 5.21 Å². The predicted octanol–water partition coefficient (Wildman–Crippen LogP) is -3.69. The summed E-state index contributed by atoms with van der Waals surface area (Å²) in [6.07, 6.45) is -6.96. The molecule has 0 saturated carbocycles. The van der Waals surface area contributed by atoms with E-state index in [-0.39, 0.29) is 5.06 Å². The van der Waals surface area contributed by atoms with E-state index < -0.39 is 56.2 Å². The fourth-order valence-corrected chi connectivity index (χ4v) is 1.37. The Labute approximate surface area is 114 Å². The molecule has 0 radical (unpaired) electrons. The predicted molar refractivity (Wildman–Crippen MR) is 65.0 cm³/mol. The third-order valence-corrected chi connectivity index (χ3v) is 2.66. The second-order valence-corrected chi connectivity index (χ2v) is 4.25. The maximum Gasteiger partial charge on any atom is 0.231 e. The molecule has 0 aliphatic carbocycles. The second kappa shape index (κ2) is 9.13. The van der Waals surface area contributed by atoms with E-state index in [0.29, 0.717) is 0 Å². The Morgan fingerprint density at radius 1 is 1.25 bits per heavy atom. The zero-order valence-electron chi connectivity index (χ0n) is 10.9. The molecule has 6 N–H and O–H groups in total. The van der Waals surface area contributed by atoms with Gasteiger partial charge in [-0.25, -0.2) is 4.39 Å². The molecule has 10 heteroatoms. The van der Waals surface area contributed by atoms with Crippen LogP contribution in [0.2, 0.25) is 0 Å². The Kier molecular flexibility index (Phi) is 8.73. The van der Waals surface area contributed by atoms with Crippen LogP contribution in [0.4, 0.5) is 4.39 Å². The van der Waals surface area contributed by atoms with Crippen molar-refractivity contribution >= 4 is 5.91 Å². The lowest BCUT2D eigenvalue weighted by atomic mass is 10.0. The van der Waals surface area contributed by atoms with Gasteiger partial charge >= 0.3 is 0 Å².